The van der Waals surface area contributed by atoms with E-state index in [2.05, 4.69) is 54.9 Å². The topological polar surface area (TPSA) is 87.6 Å². The van der Waals surface area contributed by atoms with Crippen LogP contribution in [0, 0.1) is 5.92 Å². The first kappa shape index (κ1) is 21.0. The Morgan fingerprint density at radius 3 is 2.24 bits per heavy atom. The van der Waals surface area contributed by atoms with Crippen LogP contribution in [0.25, 0.3) is 0 Å². The summed E-state index contributed by atoms with van der Waals surface area (Å²) in [6, 6.07) is 14.7. The van der Waals surface area contributed by atoms with Gasteiger partial charge in [0.05, 0.1) is 10.9 Å². The van der Waals surface area contributed by atoms with E-state index in [1.165, 1.54) is 11.6 Å². The van der Waals surface area contributed by atoms with Crippen LogP contribution in [-0.2, 0) is 14.8 Å². The first-order chi connectivity index (χ1) is 13.7. The molecule has 0 saturated heterocycles. The summed E-state index contributed by atoms with van der Waals surface area (Å²) < 4.78 is 26.7. The third kappa shape index (κ3) is 4.67. The first-order valence-corrected chi connectivity index (χ1v) is 11.2. The van der Waals surface area contributed by atoms with Crippen molar-refractivity contribution in [1.29, 1.82) is 0 Å². The lowest BCUT2D eigenvalue weighted by atomic mass is 9.93. The average molecular weight is 414 g/mol. The van der Waals surface area contributed by atoms with Gasteiger partial charge in [0.15, 0.2) is 0 Å². The molecule has 1 amide bonds. The molecular formula is C22H27N3O3S. The highest BCUT2D eigenvalue weighted by molar-refractivity contribution is 7.90. The molecule has 7 heteroatoms. The normalized spacial score (nSPS) is 17.2. The van der Waals surface area contributed by atoms with Crippen LogP contribution in [0.15, 0.2) is 58.4 Å². The third-order valence-electron chi connectivity index (χ3n) is 4.99. The standard InChI is InChI=1S/C22H27N3O3S/c1-14(2)16-9-11-17(12-10-16)21(15(3)4)24-20(26)13-23-22-18-7-5-6-8-19(18)29(27,28)25-22/h5-12,14-15,21H,13H2,1-4H3,(H,23,25)(H,24,26). The summed E-state index contributed by atoms with van der Waals surface area (Å²) in [5, 5.41) is 3.03. The minimum absolute atomic E-state index is 0.142. The largest absolute Gasteiger partial charge is 0.347 e. The lowest BCUT2D eigenvalue weighted by Gasteiger charge is -2.23. The van der Waals surface area contributed by atoms with Gasteiger partial charge < -0.3 is 5.32 Å². The van der Waals surface area contributed by atoms with Crippen molar-refractivity contribution in [3.8, 4) is 0 Å². The van der Waals surface area contributed by atoms with Crippen LogP contribution in [0.4, 0.5) is 0 Å². The number of amidine groups is 1. The Bertz CT molecular complexity index is 1030. The van der Waals surface area contributed by atoms with Gasteiger partial charge in [-0.2, -0.15) is 0 Å². The zero-order valence-corrected chi connectivity index (χ0v) is 18.0. The summed E-state index contributed by atoms with van der Waals surface area (Å²) in [7, 11) is -3.61. The summed E-state index contributed by atoms with van der Waals surface area (Å²) in [5.74, 6) is 0.595. The van der Waals surface area contributed by atoms with Gasteiger partial charge in [-0.05, 0) is 35.1 Å². The van der Waals surface area contributed by atoms with Gasteiger partial charge in [0.2, 0.25) is 5.91 Å². The molecule has 6 nitrogen and oxygen atoms in total. The van der Waals surface area contributed by atoms with Crippen LogP contribution in [0.5, 0.6) is 0 Å². The molecule has 0 bridgehead atoms. The van der Waals surface area contributed by atoms with Gasteiger partial charge in [0.25, 0.3) is 10.0 Å². The van der Waals surface area contributed by atoms with E-state index in [0.29, 0.717) is 11.5 Å². The number of hydrogen-bond donors (Lipinski definition) is 2. The third-order valence-corrected chi connectivity index (χ3v) is 6.39. The van der Waals surface area contributed by atoms with Crippen LogP contribution in [0.1, 0.15) is 56.3 Å². The molecule has 1 aliphatic heterocycles. The van der Waals surface area contributed by atoms with Crippen LogP contribution in [0.3, 0.4) is 0 Å². The number of nitrogens with zero attached hydrogens (tertiary/aromatic N) is 1. The molecule has 1 aliphatic rings. The molecule has 0 aromatic heterocycles. The van der Waals surface area contributed by atoms with E-state index < -0.39 is 10.0 Å². The molecule has 29 heavy (non-hydrogen) atoms. The summed E-state index contributed by atoms with van der Waals surface area (Å²) in [6.45, 7) is 8.24. The van der Waals surface area contributed by atoms with Gasteiger partial charge in [-0.3, -0.25) is 14.5 Å². The van der Waals surface area contributed by atoms with Crippen LogP contribution in [0.2, 0.25) is 0 Å². The lowest BCUT2D eigenvalue weighted by molar-refractivity contribution is -0.120. The average Bonchev–Trinajstić information content (AvgIpc) is 2.95. The fourth-order valence-corrected chi connectivity index (χ4v) is 4.60. The van der Waals surface area contributed by atoms with Crippen molar-refractivity contribution in [3.05, 3.63) is 65.2 Å². The monoisotopic (exact) mass is 413 g/mol. The lowest BCUT2D eigenvalue weighted by Crippen LogP contribution is -2.34. The molecule has 0 fully saturated rings. The number of benzene rings is 2. The number of aliphatic imine (C=N–C) groups is 1. The molecule has 2 aromatic carbocycles. The van der Waals surface area contributed by atoms with Gasteiger partial charge in [-0.25, -0.2) is 8.42 Å². The Hall–Kier alpha value is -2.67. The van der Waals surface area contributed by atoms with Crippen molar-refractivity contribution in [3.63, 3.8) is 0 Å². The molecule has 1 unspecified atom stereocenters. The predicted molar refractivity (Wildman–Crippen MR) is 114 cm³/mol. The zero-order valence-electron chi connectivity index (χ0n) is 17.1. The molecule has 0 radical (unpaired) electrons. The molecule has 1 atom stereocenters. The van der Waals surface area contributed by atoms with E-state index in [-0.39, 0.29) is 35.1 Å². The van der Waals surface area contributed by atoms with Crippen molar-refractivity contribution in [2.75, 3.05) is 6.54 Å². The first-order valence-electron chi connectivity index (χ1n) is 9.75. The second-order valence-corrected chi connectivity index (χ2v) is 9.53. The van der Waals surface area contributed by atoms with Crippen LogP contribution < -0.4 is 10.0 Å². The van der Waals surface area contributed by atoms with Crippen molar-refractivity contribution in [1.82, 2.24) is 10.0 Å². The Balaban J connectivity index is 1.73. The van der Waals surface area contributed by atoms with Crippen molar-refractivity contribution in [2.24, 2.45) is 10.9 Å². The second kappa shape index (κ2) is 8.37. The minimum atomic E-state index is -3.61. The van der Waals surface area contributed by atoms with E-state index in [9.17, 15) is 13.2 Å². The number of amides is 1. The zero-order chi connectivity index (χ0) is 21.2. The fraction of sp³-hybridized carbons (Fsp3) is 0.364. The molecule has 0 aliphatic carbocycles. The highest BCUT2D eigenvalue weighted by Gasteiger charge is 2.30. The van der Waals surface area contributed by atoms with E-state index in [1.807, 2.05) is 12.1 Å². The molecule has 1 heterocycles. The Kier molecular flexibility index (Phi) is 6.07. The van der Waals surface area contributed by atoms with Crippen LogP contribution >= 0.6 is 0 Å². The van der Waals surface area contributed by atoms with Gasteiger partial charge in [0.1, 0.15) is 12.4 Å². The van der Waals surface area contributed by atoms with Crippen molar-refractivity contribution < 1.29 is 13.2 Å². The predicted octanol–water partition coefficient (Wildman–Crippen LogP) is 3.36. The number of fused-ring (bicyclic) bond motifs is 1. The number of carbonyl (C=O) groups excluding carboxylic acids is 1. The highest BCUT2D eigenvalue weighted by Crippen LogP contribution is 2.25. The smallest absolute Gasteiger partial charge is 0.263 e. The second-order valence-electron chi connectivity index (χ2n) is 7.88. The number of carbonyl (C=O) groups is 1. The van der Waals surface area contributed by atoms with Gasteiger partial charge in [-0.15, -0.1) is 0 Å². The summed E-state index contributed by atoms with van der Waals surface area (Å²) >= 11 is 0. The number of nitrogens with one attached hydrogen (secondary N) is 2. The maximum Gasteiger partial charge on any atom is 0.263 e. The molecule has 154 valence electrons. The number of sulfonamides is 1. The van der Waals surface area contributed by atoms with Crippen LogP contribution in [-0.4, -0.2) is 26.7 Å². The molecule has 0 saturated carbocycles. The van der Waals surface area contributed by atoms with E-state index in [0.717, 1.165) is 5.56 Å². The molecule has 0 spiro atoms. The Morgan fingerprint density at radius 2 is 1.62 bits per heavy atom. The maximum absolute atomic E-state index is 12.5. The van der Waals surface area contributed by atoms with E-state index in [1.54, 1.807) is 18.2 Å². The summed E-state index contributed by atoms with van der Waals surface area (Å²) in [5.41, 5.74) is 2.78. The quantitative estimate of drug-likeness (QED) is 0.761. The van der Waals surface area contributed by atoms with Crippen molar-refractivity contribution in [2.45, 2.75) is 44.6 Å². The molecular weight excluding hydrogens is 386 g/mol. The SMILES string of the molecule is CC(C)c1ccc(C(NC(=O)CN=C2NS(=O)(=O)c3ccccc32)C(C)C)cc1. The minimum Gasteiger partial charge on any atom is -0.347 e. The van der Waals surface area contributed by atoms with E-state index in [4.69, 9.17) is 0 Å². The fourth-order valence-electron chi connectivity index (χ4n) is 3.34. The summed E-state index contributed by atoms with van der Waals surface area (Å²) in [4.78, 5) is 16.9. The van der Waals surface area contributed by atoms with Crippen molar-refractivity contribution >= 4 is 21.8 Å². The maximum atomic E-state index is 12.5. The number of rotatable bonds is 6. The van der Waals surface area contributed by atoms with Gasteiger partial charge >= 0.3 is 0 Å². The Labute approximate surface area is 172 Å². The Morgan fingerprint density at radius 1 is 1.00 bits per heavy atom. The highest BCUT2D eigenvalue weighted by atomic mass is 32.2. The van der Waals surface area contributed by atoms with Gasteiger partial charge in [-0.1, -0.05) is 64.1 Å². The summed E-state index contributed by atoms with van der Waals surface area (Å²) in [6.07, 6.45) is 0. The number of hydrogen-bond acceptors (Lipinski definition) is 4. The molecule has 3 rings (SSSR count). The van der Waals surface area contributed by atoms with Gasteiger partial charge in [0, 0.05) is 5.56 Å². The van der Waals surface area contributed by atoms with E-state index >= 15 is 0 Å². The molecule has 2 N–H and O–H groups in total. The molecule has 2 aromatic rings.